The van der Waals surface area contributed by atoms with Crippen molar-refractivity contribution in [2.75, 3.05) is 23.3 Å². The van der Waals surface area contributed by atoms with Crippen molar-refractivity contribution in [3.63, 3.8) is 0 Å². The minimum atomic E-state index is -0.540. The topological polar surface area (TPSA) is 74.7 Å². The van der Waals surface area contributed by atoms with E-state index in [1.807, 2.05) is 20.8 Å². The van der Waals surface area contributed by atoms with Gasteiger partial charge in [0, 0.05) is 19.3 Å². The molecule has 6 heteroatoms. The molecule has 2 heterocycles. The van der Waals surface area contributed by atoms with Gasteiger partial charge in [0.2, 0.25) is 0 Å². The number of hydrogen-bond donors (Lipinski definition) is 2. The first kappa shape index (κ1) is 15.6. The molecule has 1 amide bonds. The highest BCUT2D eigenvalue weighted by atomic mass is 16.6. The third-order valence-corrected chi connectivity index (χ3v) is 3.19. The molecule has 2 N–H and O–H groups in total. The highest BCUT2D eigenvalue weighted by Crippen LogP contribution is 2.26. The van der Waals surface area contributed by atoms with E-state index < -0.39 is 11.7 Å². The number of hydrogen-bond acceptors (Lipinski definition) is 5. The number of carbonyl (C=O) groups excluding carboxylic acids is 1. The molecule has 0 aromatic carbocycles. The summed E-state index contributed by atoms with van der Waals surface area (Å²) in [6.07, 6.45) is 2.38. The van der Waals surface area contributed by atoms with Crippen molar-refractivity contribution < 1.29 is 14.6 Å². The number of amides is 1. The molecule has 1 aliphatic heterocycles. The highest BCUT2D eigenvalue weighted by molar-refractivity contribution is 5.88. The molecule has 6 nitrogen and oxygen atoms in total. The zero-order valence-corrected chi connectivity index (χ0v) is 12.8. The average Bonchev–Trinajstić information content (AvgIpc) is 2.38. The quantitative estimate of drug-likeness (QED) is 0.875. The predicted molar refractivity (Wildman–Crippen MR) is 81.5 cm³/mol. The Labute approximate surface area is 125 Å². The molecular weight excluding hydrogens is 270 g/mol. The summed E-state index contributed by atoms with van der Waals surface area (Å²) in [6.45, 7) is 6.91. The first-order chi connectivity index (χ1) is 9.85. The van der Waals surface area contributed by atoms with E-state index in [1.165, 1.54) is 0 Å². The number of rotatable bonds is 2. The van der Waals surface area contributed by atoms with E-state index in [0.29, 0.717) is 18.5 Å². The summed E-state index contributed by atoms with van der Waals surface area (Å²) >= 11 is 0. The first-order valence-electron chi connectivity index (χ1n) is 7.23. The number of aliphatic hydroxyl groups excluding tert-OH is 1. The van der Waals surface area contributed by atoms with E-state index in [-0.39, 0.29) is 6.10 Å². The lowest BCUT2D eigenvalue weighted by Crippen LogP contribution is -2.37. The fourth-order valence-electron chi connectivity index (χ4n) is 2.24. The van der Waals surface area contributed by atoms with Crippen LogP contribution in [0, 0.1) is 0 Å². The van der Waals surface area contributed by atoms with Crippen molar-refractivity contribution in [3.8, 4) is 0 Å². The molecule has 116 valence electrons. The maximum Gasteiger partial charge on any atom is 0.412 e. The van der Waals surface area contributed by atoms with Crippen molar-refractivity contribution in [2.24, 2.45) is 0 Å². The van der Waals surface area contributed by atoms with E-state index in [4.69, 9.17) is 4.74 Å². The van der Waals surface area contributed by atoms with Gasteiger partial charge in [-0.15, -0.1) is 0 Å². The molecule has 1 aromatic rings. The van der Waals surface area contributed by atoms with Gasteiger partial charge in [0.05, 0.1) is 11.8 Å². The number of aromatic nitrogens is 1. The molecule has 0 radical (unpaired) electrons. The Balaban J connectivity index is 2.08. The maximum atomic E-state index is 11.9. The Bertz CT molecular complexity index is 491. The van der Waals surface area contributed by atoms with Crippen LogP contribution in [0.15, 0.2) is 18.3 Å². The zero-order chi connectivity index (χ0) is 15.5. The van der Waals surface area contributed by atoms with Crippen LogP contribution in [0.1, 0.15) is 33.6 Å². The van der Waals surface area contributed by atoms with Crippen molar-refractivity contribution in [1.82, 2.24) is 4.98 Å². The standard InChI is InChI=1S/C15H23N3O3/c1-15(2,3)21-14(20)17-12-5-4-8-16-13(12)18-9-6-11(19)7-10-18/h4-5,8,11,19H,6-7,9-10H2,1-3H3,(H,17,20). The molecule has 21 heavy (non-hydrogen) atoms. The van der Waals surface area contributed by atoms with Gasteiger partial charge in [-0.25, -0.2) is 9.78 Å². The second-order valence-corrected chi connectivity index (χ2v) is 6.22. The lowest BCUT2D eigenvalue weighted by Gasteiger charge is -2.31. The van der Waals surface area contributed by atoms with Gasteiger partial charge < -0.3 is 14.7 Å². The fourth-order valence-corrected chi connectivity index (χ4v) is 2.24. The Morgan fingerprint density at radius 1 is 1.43 bits per heavy atom. The van der Waals surface area contributed by atoms with Crippen LogP contribution in [0.2, 0.25) is 0 Å². The summed E-state index contributed by atoms with van der Waals surface area (Å²) in [7, 11) is 0. The van der Waals surface area contributed by atoms with Crippen LogP contribution in [-0.2, 0) is 4.74 Å². The summed E-state index contributed by atoms with van der Waals surface area (Å²) < 4.78 is 5.26. The molecule has 1 aromatic heterocycles. The molecule has 0 unspecified atom stereocenters. The molecule has 0 aliphatic carbocycles. The number of anilines is 2. The molecule has 1 aliphatic rings. The molecule has 1 fully saturated rings. The third-order valence-electron chi connectivity index (χ3n) is 3.19. The number of carbonyl (C=O) groups is 1. The molecule has 0 saturated carbocycles. The third kappa shape index (κ3) is 4.60. The fraction of sp³-hybridized carbons (Fsp3) is 0.600. The minimum Gasteiger partial charge on any atom is -0.444 e. The average molecular weight is 293 g/mol. The molecule has 0 atom stereocenters. The van der Waals surface area contributed by atoms with Gasteiger partial charge in [0.25, 0.3) is 0 Å². The number of ether oxygens (including phenoxy) is 1. The Hall–Kier alpha value is -1.82. The summed E-state index contributed by atoms with van der Waals surface area (Å²) in [6, 6.07) is 3.58. The van der Waals surface area contributed by atoms with E-state index in [9.17, 15) is 9.90 Å². The van der Waals surface area contributed by atoms with Gasteiger partial charge in [0.15, 0.2) is 5.82 Å². The molecule has 0 bridgehead atoms. The number of piperidine rings is 1. The number of pyridine rings is 1. The molecular formula is C15H23N3O3. The van der Waals surface area contributed by atoms with E-state index in [1.54, 1.807) is 18.3 Å². The molecule has 2 rings (SSSR count). The van der Waals surface area contributed by atoms with Gasteiger partial charge in [0.1, 0.15) is 5.60 Å². The van der Waals surface area contributed by atoms with E-state index in [2.05, 4.69) is 15.2 Å². The summed E-state index contributed by atoms with van der Waals surface area (Å²) in [5, 5.41) is 12.3. The second kappa shape index (κ2) is 6.30. The van der Waals surface area contributed by atoms with Gasteiger partial charge in [-0.3, -0.25) is 5.32 Å². The normalized spacial score (nSPS) is 16.7. The van der Waals surface area contributed by atoms with Crippen LogP contribution in [-0.4, -0.2) is 41.0 Å². The highest BCUT2D eigenvalue weighted by Gasteiger charge is 2.22. The van der Waals surface area contributed by atoms with Gasteiger partial charge in [-0.1, -0.05) is 0 Å². The van der Waals surface area contributed by atoms with Crippen molar-refractivity contribution in [1.29, 1.82) is 0 Å². The second-order valence-electron chi connectivity index (χ2n) is 6.22. The van der Waals surface area contributed by atoms with Gasteiger partial charge in [-0.2, -0.15) is 0 Å². The van der Waals surface area contributed by atoms with Crippen molar-refractivity contribution >= 4 is 17.6 Å². The van der Waals surface area contributed by atoms with Crippen LogP contribution in [0.4, 0.5) is 16.3 Å². The van der Waals surface area contributed by atoms with Crippen LogP contribution in [0.5, 0.6) is 0 Å². The molecule has 0 spiro atoms. The van der Waals surface area contributed by atoms with E-state index >= 15 is 0 Å². The Morgan fingerprint density at radius 3 is 2.71 bits per heavy atom. The predicted octanol–water partition coefficient (Wildman–Crippen LogP) is 2.39. The number of nitrogens with one attached hydrogen (secondary N) is 1. The van der Waals surface area contributed by atoms with Crippen LogP contribution in [0.3, 0.4) is 0 Å². The summed E-state index contributed by atoms with van der Waals surface area (Å²) in [5.41, 5.74) is 0.0879. The first-order valence-corrected chi connectivity index (χ1v) is 7.23. The van der Waals surface area contributed by atoms with E-state index in [0.717, 1.165) is 18.9 Å². The smallest absolute Gasteiger partial charge is 0.412 e. The van der Waals surface area contributed by atoms with Crippen LogP contribution in [0.25, 0.3) is 0 Å². The molecule has 1 saturated heterocycles. The van der Waals surface area contributed by atoms with Gasteiger partial charge >= 0.3 is 6.09 Å². The zero-order valence-electron chi connectivity index (χ0n) is 12.8. The lowest BCUT2D eigenvalue weighted by atomic mass is 10.1. The monoisotopic (exact) mass is 293 g/mol. The Morgan fingerprint density at radius 2 is 2.10 bits per heavy atom. The minimum absolute atomic E-state index is 0.243. The van der Waals surface area contributed by atoms with Gasteiger partial charge in [-0.05, 0) is 45.7 Å². The van der Waals surface area contributed by atoms with Crippen molar-refractivity contribution in [2.45, 2.75) is 45.3 Å². The maximum absolute atomic E-state index is 11.9. The lowest BCUT2D eigenvalue weighted by molar-refractivity contribution is 0.0636. The number of nitrogens with zero attached hydrogens (tertiary/aromatic N) is 2. The van der Waals surface area contributed by atoms with Crippen molar-refractivity contribution in [3.05, 3.63) is 18.3 Å². The van der Waals surface area contributed by atoms with Crippen LogP contribution >= 0.6 is 0 Å². The Kier molecular flexibility index (Phi) is 4.67. The largest absolute Gasteiger partial charge is 0.444 e. The summed E-state index contributed by atoms with van der Waals surface area (Å²) in [4.78, 5) is 18.3. The number of aliphatic hydroxyl groups is 1. The summed E-state index contributed by atoms with van der Waals surface area (Å²) in [5.74, 6) is 0.718. The van der Waals surface area contributed by atoms with Crippen LogP contribution < -0.4 is 10.2 Å². The SMILES string of the molecule is CC(C)(C)OC(=O)Nc1cccnc1N1CCC(O)CC1.